The minimum absolute atomic E-state index is 0.0648. The third-order valence-corrected chi connectivity index (χ3v) is 6.08. The number of piperidine rings is 1. The Bertz CT molecular complexity index is 1070. The van der Waals surface area contributed by atoms with Gasteiger partial charge in [-0.1, -0.05) is 0 Å². The molecule has 1 saturated heterocycles. The van der Waals surface area contributed by atoms with Gasteiger partial charge < -0.3 is 9.64 Å². The maximum Gasteiger partial charge on any atom is 0.256 e. The monoisotopic (exact) mass is 408 g/mol. The summed E-state index contributed by atoms with van der Waals surface area (Å²) in [6.07, 6.45) is 7.83. The van der Waals surface area contributed by atoms with E-state index in [4.69, 9.17) is 4.74 Å². The van der Waals surface area contributed by atoms with Gasteiger partial charge in [0.1, 0.15) is 17.6 Å². The van der Waals surface area contributed by atoms with Gasteiger partial charge in [-0.2, -0.15) is 15.0 Å². The summed E-state index contributed by atoms with van der Waals surface area (Å²) in [5, 5.41) is 8.14. The third-order valence-electron chi connectivity index (χ3n) is 6.08. The summed E-state index contributed by atoms with van der Waals surface area (Å²) in [6, 6.07) is 4.05. The first-order valence-corrected chi connectivity index (χ1v) is 9.95. The summed E-state index contributed by atoms with van der Waals surface area (Å²) in [4.78, 5) is 25.2. The van der Waals surface area contributed by atoms with E-state index in [0.29, 0.717) is 23.0 Å². The van der Waals surface area contributed by atoms with E-state index in [1.54, 1.807) is 12.4 Å². The minimum atomic E-state index is -0.450. The summed E-state index contributed by atoms with van der Waals surface area (Å²) in [5.41, 5.74) is 1.50. The van der Waals surface area contributed by atoms with Gasteiger partial charge in [0.2, 0.25) is 5.88 Å². The lowest BCUT2D eigenvalue weighted by Gasteiger charge is -2.37. The molecular formula is C21H21FN6O2. The summed E-state index contributed by atoms with van der Waals surface area (Å²) < 4.78 is 20.0. The predicted octanol–water partition coefficient (Wildman–Crippen LogP) is 2.58. The first-order valence-electron chi connectivity index (χ1n) is 9.95. The molecule has 2 aliphatic rings. The zero-order valence-corrected chi connectivity index (χ0v) is 16.6. The second-order valence-electron chi connectivity index (χ2n) is 7.88. The van der Waals surface area contributed by atoms with Crippen LogP contribution in [0.15, 0.2) is 43.0 Å². The number of fused-ring (bicyclic) bond motifs is 2. The fourth-order valence-electron chi connectivity index (χ4n) is 4.62. The lowest BCUT2D eigenvalue weighted by atomic mass is 9.98. The van der Waals surface area contributed by atoms with Crippen LogP contribution in [-0.4, -0.2) is 54.0 Å². The number of carbonyl (C=O) groups excluding carboxylic acids is 1. The van der Waals surface area contributed by atoms with Crippen LogP contribution in [-0.2, 0) is 0 Å². The molecule has 9 heteroatoms. The van der Waals surface area contributed by atoms with Gasteiger partial charge >= 0.3 is 0 Å². The van der Waals surface area contributed by atoms with Crippen LogP contribution in [0.2, 0.25) is 0 Å². The molecule has 3 heterocycles. The number of amides is 1. The molecule has 2 bridgehead atoms. The van der Waals surface area contributed by atoms with E-state index in [-0.39, 0.29) is 24.1 Å². The van der Waals surface area contributed by atoms with Gasteiger partial charge in [-0.25, -0.2) is 9.37 Å². The number of nitrogens with zero attached hydrogens (tertiary/aromatic N) is 6. The molecule has 1 aliphatic heterocycles. The number of aryl methyl sites for hydroxylation is 1. The Kier molecular flexibility index (Phi) is 4.45. The number of likely N-dealkylation sites (tertiary alicyclic amines) is 1. The van der Waals surface area contributed by atoms with Crippen LogP contribution in [0.4, 0.5) is 4.39 Å². The first kappa shape index (κ1) is 18.7. The number of benzene rings is 1. The largest absolute Gasteiger partial charge is 0.471 e. The normalized spacial score (nSPS) is 25.0. The van der Waals surface area contributed by atoms with Crippen LogP contribution in [0.1, 0.15) is 35.8 Å². The molecule has 5 rings (SSSR count). The van der Waals surface area contributed by atoms with Crippen molar-refractivity contribution >= 4 is 5.91 Å². The van der Waals surface area contributed by atoms with Gasteiger partial charge in [-0.3, -0.25) is 9.78 Å². The first-order chi connectivity index (χ1) is 14.5. The Balaban J connectivity index is 1.44. The Morgan fingerprint density at radius 2 is 1.97 bits per heavy atom. The van der Waals surface area contributed by atoms with Gasteiger partial charge in [0.05, 0.1) is 42.1 Å². The van der Waals surface area contributed by atoms with E-state index in [2.05, 4.69) is 27.1 Å². The molecule has 3 aromatic rings. The second-order valence-corrected chi connectivity index (χ2v) is 7.88. The lowest BCUT2D eigenvalue weighted by Crippen LogP contribution is -2.51. The van der Waals surface area contributed by atoms with Crippen molar-refractivity contribution in [3.63, 3.8) is 0 Å². The highest BCUT2D eigenvalue weighted by molar-refractivity contribution is 5.98. The van der Waals surface area contributed by atoms with E-state index in [1.165, 1.54) is 35.4 Å². The zero-order valence-electron chi connectivity index (χ0n) is 16.6. The minimum Gasteiger partial charge on any atom is -0.471 e. The molecule has 0 N–H and O–H groups in total. The second kappa shape index (κ2) is 7.16. The molecule has 1 aliphatic carbocycles. The standard InChI is InChI=1S/C21H21FN6O2/c1-12-10-24-20(11-23-12)30-19-8-14-7-18(19)27(13(14)2)21(29)16-4-3-15(22)9-17(16)28-25-5-6-26-28/h3-6,9-11,13-14,18-19H,7-8H2,1-2H3. The zero-order chi connectivity index (χ0) is 20.8. The average molecular weight is 408 g/mol. The Labute approximate surface area is 172 Å². The number of halogens is 1. The molecule has 0 spiro atoms. The van der Waals surface area contributed by atoms with Crippen molar-refractivity contribution < 1.29 is 13.9 Å². The molecule has 1 saturated carbocycles. The predicted molar refractivity (Wildman–Crippen MR) is 105 cm³/mol. The smallest absolute Gasteiger partial charge is 0.256 e. The number of carbonyl (C=O) groups is 1. The summed E-state index contributed by atoms with van der Waals surface area (Å²) in [5.74, 6) is 0.176. The number of hydrogen-bond donors (Lipinski definition) is 0. The van der Waals surface area contributed by atoms with Gasteiger partial charge in [0.25, 0.3) is 5.91 Å². The van der Waals surface area contributed by atoms with Crippen LogP contribution in [0.5, 0.6) is 5.88 Å². The molecular weight excluding hydrogens is 387 g/mol. The Morgan fingerprint density at radius 1 is 1.17 bits per heavy atom. The van der Waals surface area contributed by atoms with Crippen LogP contribution in [0.3, 0.4) is 0 Å². The van der Waals surface area contributed by atoms with Crippen molar-refractivity contribution in [1.82, 2.24) is 29.9 Å². The van der Waals surface area contributed by atoms with Crippen molar-refractivity contribution in [3.8, 4) is 11.6 Å². The number of hydrogen-bond acceptors (Lipinski definition) is 6. The van der Waals surface area contributed by atoms with E-state index in [0.717, 1.165) is 18.5 Å². The molecule has 1 amide bonds. The molecule has 2 fully saturated rings. The van der Waals surface area contributed by atoms with E-state index < -0.39 is 5.82 Å². The molecule has 4 unspecified atom stereocenters. The van der Waals surface area contributed by atoms with E-state index in [1.807, 2.05) is 11.8 Å². The SMILES string of the molecule is Cc1cnc(OC2CC3CC2N(C(=O)c2ccc(F)cc2-n2nccn2)C3C)cn1. The van der Waals surface area contributed by atoms with Crippen LogP contribution in [0, 0.1) is 18.7 Å². The molecule has 30 heavy (non-hydrogen) atoms. The van der Waals surface area contributed by atoms with Gasteiger partial charge in [0, 0.05) is 12.1 Å². The highest BCUT2D eigenvalue weighted by atomic mass is 19.1. The maximum absolute atomic E-state index is 13.9. The van der Waals surface area contributed by atoms with Crippen molar-refractivity contribution in [2.75, 3.05) is 0 Å². The van der Waals surface area contributed by atoms with Crippen molar-refractivity contribution in [2.45, 2.75) is 44.9 Å². The summed E-state index contributed by atoms with van der Waals surface area (Å²) in [6.45, 7) is 3.92. The number of aromatic nitrogens is 5. The van der Waals surface area contributed by atoms with Crippen molar-refractivity contribution in [3.05, 3.63) is 60.1 Å². The maximum atomic E-state index is 13.9. The van der Waals surface area contributed by atoms with Crippen molar-refractivity contribution in [1.29, 1.82) is 0 Å². The lowest BCUT2D eigenvalue weighted by molar-refractivity contribution is 0.0312. The molecule has 2 aromatic heterocycles. The Hall–Kier alpha value is -3.36. The quantitative estimate of drug-likeness (QED) is 0.660. The number of ether oxygens (including phenoxy) is 1. The Morgan fingerprint density at radius 3 is 2.67 bits per heavy atom. The van der Waals surface area contributed by atoms with Crippen LogP contribution >= 0.6 is 0 Å². The fraction of sp³-hybridized carbons (Fsp3) is 0.381. The highest BCUT2D eigenvalue weighted by Gasteiger charge is 2.53. The summed E-state index contributed by atoms with van der Waals surface area (Å²) >= 11 is 0. The summed E-state index contributed by atoms with van der Waals surface area (Å²) in [7, 11) is 0. The van der Waals surface area contributed by atoms with E-state index in [9.17, 15) is 9.18 Å². The topological polar surface area (TPSA) is 86.0 Å². The van der Waals surface area contributed by atoms with Gasteiger partial charge in [-0.05, 0) is 44.7 Å². The third kappa shape index (κ3) is 3.10. The molecule has 1 aromatic carbocycles. The van der Waals surface area contributed by atoms with Crippen molar-refractivity contribution in [2.24, 2.45) is 5.92 Å². The molecule has 154 valence electrons. The van der Waals surface area contributed by atoms with Crippen LogP contribution in [0.25, 0.3) is 5.69 Å². The van der Waals surface area contributed by atoms with Gasteiger partial charge in [-0.15, -0.1) is 0 Å². The molecule has 0 radical (unpaired) electrons. The molecule has 8 nitrogen and oxygen atoms in total. The molecule has 4 atom stereocenters. The average Bonchev–Trinajstić information content (AvgIpc) is 3.46. The highest BCUT2D eigenvalue weighted by Crippen LogP contribution is 2.44. The van der Waals surface area contributed by atoms with E-state index >= 15 is 0 Å². The van der Waals surface area contributed by atoms with Gasteiger partial charge in [0.15, 0.2) is 0 Å². The fourth-order valence-corrected chi connectivity index (χ4v) is 4.62. The number of rotatable bonds is 4. The van der Waals surface area contributed by atoms with Crippen LogP contribution < -0.4 is 4.74 Å².